The third-order valence-corrected chi connectivity index (χ3v) is 7.36. The first-order valence-corrected chi connectivity index (χ1v) is 11.2. The van der Waals surface area contributed by atoms with E-state index in [1.54, 1.807) is 0 Å². The second kappa shape index (κ2) is 6.76. The Balaban J connectivity index is 1.87. The fourth-order valence-electron chi connectivity index (χ4n) is 5.56. The van der Waals surface area contributed by atoms with Crippen molar-refractivity contribution < 1.29 is 9.59 Å². The first kappa shape index (κ1) is 19.7. The van der Waals surface area contributed by atoms with Crippen LogP contribution in [0, 0.1) is 0 Å². The quantitative estimate of drug-likeness (QED) is 0.174. The molecular weight excluding hydrogens is 406 g/mol. The van der Waals surface area contributed by atoms with Gasteiger partial charge in [-0.1, -0.05) is 61.7 Å². The summed E-state index contributed by atoms with van der Waals surface area (Å²) in [7, 11) is 2.01. The fourth-order valence-corrected chi connectivity index (χ4v) is 5.56. The predicted molar refractivity (Wildman–Crippen MR) is 138 cm³/mol. The number of hydrogen-bond acceptors (Lipinski definition) is 3. The number of Topliss-reactive ketones (excluding diaryl/α,β-unsaturated/α-hetero) is 1. The Bertz CT molecular complexity index is 1640. The second-order valence-electron chi connectivity index (χ2n) is 8.97. The van der Waals surface area contributed by atoms with Gasteiger partial charge in [0.25, 0.3) is 0 Å². The average molecular weight is 430 g/mol. The Labute approximate surface area is 191 Å². The Morgan fingerprint density at radius 1 is 0.879 bits per heavy atom. The highest BCUT2D eigenvalue weighted by atomic mass is 16.1. The minimum atomic E-state index is 0.123. The number of carbonyl (C=O) groups excluding carboxylic acids is 2. The zero-order valence-corrected chi connectivity index (χ0v) is 18.8. The maximum atomic E-state index is 12.8. The number of aldehydes is 1. The van der Waals surface area contributed by atoms with Gasteiger partial charge in [-0.05, 0) is 50.4 Å². The molecule has 5 aromatic rings. The highest BCUT2D eigenvalue weighted by molar-refractivity contribution is 6.37. The van der Waals surface area contributed by atoms with Gasteiger partial charge in [0.2, 0.25) is 0 Å². The number of fused-ring (bicyclic) bond motifs is 2. The molecule has 0 saturated carbocycles. The molecule has 0 aliphatic heterocycles. The Morgan fingerprint density at radius 3 is 2.09 bits per heavy atom. The molecule has 0 saturated heterocycles. The van der Waals surface area contributed by atoms with Crippen LogP contribution in [0.25, 0.3) is 54.4 Å². The van der Waals surface area contributed by atoms with Gasteiger partial charge in [-0.2, -0.15) is 0 Å². The van der Waals surface area contributed by atoms with Crippen LogP contribution in [0.4, 0.5) is 0 Å². The lowest BCUT2D eigenvalue weighted by molar-refractivity contribution is 0.0998. The molecule has 33 heavy (non-hydrogen) atoms. The highest BCUT2D eigenvalue weighted by Crippen LogP contribution is 2.46. The zero-order valence-electron chi connectivity index (χ0n) is 18.8. The maximum absolute atomic E-state index is 12.8. The molecule has 0 radical (unpaired) electrons. The van der Waals surface area contributed by atoms with Gasteiger partial charge in [0.1, 0.15) is 0 Å². The number of rotatable bonds is 4. The van der Waals surface area contributed by atoms with E-state index in [1.807, 2.05) is 25.2 Å². The fraction of sp³-hybridized carbons (Fsp3) is 0.133. The van der Waals surface area contributed by atoms with Gasteiger partial charge >= 0.3 is 0 Å². The molecule has 1 aliphatic carbocycles. The average Bonchev–Trinajstić information content (AvgIpc) is 2.84. The Kier molecular flexibility index (Phi) is 4.03. The number of benzene rings is 5. The molecule has 5 aromatic carbocycles. The minimum Gasteiger partial charge on any atom is -0.375 e. The van der Waals surface area contributed by atoms with Gasteiger partial charge in [0.15, 0.2) is 12.1 Å². The smallest absolute Gasteiger partial charge is 0.167 e. The van der Waals surface area contributed by atoms with Crippen LogP contribution in [0.2, 0.25) is 0 Å². The lowest BCUT2D eigenvalue weighted by Crippen LogP contribution is -2.15. The molecule has 0 unspecified atom stereocenters. The molecule has 3 heteroatoms. The normalized spacial score (nSPS) is 13.5. The molecule has 0 fully saturated rings. The van der Waals surface area contributed by atoms with E-state index in [4.69, 9.17) is 0 Å². The van der Waals surface area contributed by atoms with Crippen molar-refractivity contribution >= 4 is 66.4 Å². The van der Waals surface area contributed by atoms with Crippen molar-refractivity contribution in [3.05, 3.63) is 83.9 Å². The summed E-state index contributed by atoms with van der Waals surface area (Å²) in [5, 5.41) is 8.46. The van der Waals surface area contributed by atoms with Crippen molar-refractivity contribution in [3.63, 3.8) is 0 Å². The van der Waals surface area contributed by atoms with Crippen LogP contribution >= 0.6 is 0 Å². The molecule has 6 rings (SSSR count). The molecule has 0 amide bonds. The van der Waals surface area contributed by atoms with Crippen molar-refractivity contribution in [2.24, 2.45) is 0 Å². The van der Waals surface area contributed by atoms with E-state index in [2.05, 4.69) is 55.3 Å². The number of allylic oxidation sites excluding steroid dienone is 1. The van der Waals surface area contributed by atoms with Gasteiger partial charge < -0.3 is 4.90 Å². The molecule has 1 aliphatic rings. The first-order chi connectivity index (χ1) is 16.0. The van der Waals surface area contributed by atoms with Crippen molar-refractivity contribution in [3.8, 4) is 0 Å². The van der Waals surface area contributed by atoms with E-state index >= 15 is 0 Å². The van der Waals surface area contributed by atoms with E-state index < -0.39 is 0 Å². The SMILES string of the molecule is C=C1CC(=O)c2ccc3c4ccc(C(=C)N(C)CC)c5c(C=O)ccc(c6ccc1c2c63)c54. The number of hydrogen-bond donors (Lipinski definition) is 0. The van der Waals surface area contributed by atoms with E-state index in [1.165, 1.54) is 0 Å². The van der Waals surface area contributed by atoms with E-state index in [9.17, 15) is 9.59 Å². The highest BCUT2D eigenvalue weighted by Gasteiger charge is 2.26. The number of nitrogens with zero attached hydrogens (tertiary/aromatic N) is 1. The monoisotopic (exact) mass is 429 g/mol. The van der Waals surface area contributed by atoms with Crippen LogP contribution in [-0.4, -0.2) is 30.6 Å². The zero-order chi connectivity index (χ0) is 23.0. The molecule has 0 aromatic heterocycles. The molecule has 3 nitrogen and oxygen atoms in total. The summed E-state index contributed by atoms with van der Waals surface area (Å²) in [4.78, 5) is 27.0. The summed E-state index contributed by atoms with van der Waals surface area (Å²) in [5.74, 6) is 0.123. The van der Waals surface area contributed by atoms with Crippen LogP contribution in [0.1, 0.15) is 45.2 Å². The summed E-state index contributed by atoms with van der Waals surface area (Å²) in [5.41, 5.74) is 5.23. The van der Waals surface area contributed by atoms with Gasteiger partial charge in [0, 0.05) is 53.2 Å². The maximum Gasteiger partial charge on any atom is 0.167 e. The first-order valence-electron chi connectivity index (χ1n) is 11.2. The molecule has 0 spiro atoms. The van der Waals surface area contributed by atoms with E-state index in [0.29, 0.717) is 12.0 Å². The Morgan fingerprint density at radius 2 is 1.45 bits per heavy atom. The largest absolute Gasteiger partial charge is 0.375 e. The van der Waals surface area contributed by atoms with Crippen molar-refractivity contribution in [1.82, 2.24) is 4.90 Å². The van der Waals surface area contributed by atoms with Crippen molar-refractivity contribution in [2.75, 3.05) is 13.6 Å². The Hall–Kier alpha value is -3.98. The van der Waals surface area contributed by atoms with E-state index in [0.717, 1.165) is 83.9 Å². The molecule has 160 valence electrons. The van der Waals surface area contributed by atoms with Gasteiger partial charge in [-0.25, -0.2) is 0 Å². The van der Waals surface area contributed by atoms with Gasteiger partial charge in [0.05, 0.1) is 0 Å². The van der Waals surface area contributed by atoms with Crippen LogP contribution in [0.15, 0.2) is 61.7 Å². The standard InChI is InChI=1S/C30H23NO2/c1-5-31(4)17(3)20-9-11-22-24-12-13-25-26(33)14-16(2)19-8-10-23(30(24)28(19)25)21-7-6-18(15-32)27(20)29(21)22/h6-13,15H,2-3,5,14H2,1,4H3. The third kappa shape index (κ3) is 2.45. The van der Waals surface area contributed by atoms with Crippen molar-refractivity contribution in [1.29, 1.82) is 0 Å². The molecule has 0 atom stereocenters. The molecule has 0 N–H and O–H groups in total. The van der Waals surface area contributed by atoms with Crippen LogP contribution in [0.3, 0.4) is 0 Å². The predicted octanol–water partition coefficient (Wildman–Crippen LogP) is 7.07. The minimum absolute atomic E-state index is 0.123. The lowest BCUT2D eigenvalue weighted by Gasteiger charge is -2.25. The summed E-state index contributed by atoms with van der Waals surface area (Å²) >= 11 is 0. The van der Waals surface area contributed by atoms with Crippen LogP contribution in [-0.2, 0) is 0 Å². The third-order valence-electron chi connectivity index (χ3n) is 7.36. The second-order valence-corrected chi connectivity index (χ2v) is 8.97. The molecular formula is C30H23NO2. The van der Waals surface area contributed by atoms with E-state index in [-0.39, 0.29) is 5.78 Å². The van der Waals surface area contributed by atoms with Crippen molar-refractivity contribution in [2.45, 2.75) is 13.3 Å². The molecule has 0 heterocycles. The summed E-state index contributed by atoms with van der Waals surface area (Å²) in [6, 6.07) is 16.4. The number of ketones is 1. The summed E-state index contributed by atoms with van der Waals surface area (Å²) in [6.45, 7) is 11.4. The lowest BCUT2D eigenvalue weighted by atomic mass is 9.79. The van der Waals surface area contributed by atoms with Gasteiger partial charge in [-0.15, -0.1) is 0 Å². The molecule has 0 bridgehead atoms. The summed E-state index contributed by atoms with van der Waals surface area (Å²) in [6.07, 6.45) is 1.30. The van der Waals surface area contributed by atoms with Crippen LogP contribution in [0.5, 0.6) is 0 Å². The number of carbonyl (C=O) groups is 2. The van der Waals surface area contributed by atoms with Crippen LogP contribution < -0.4 is 0 Å². The topological polar surface area (TPSA) is 37.4 Å². The van der Waals surface area contributed by atoms with Gasteiger partial charge in [-0.3, -0.25) is 9.59 Å². The summed E-state index contributed by atoms with van der Waals surface area (Å²) < 4.78 is 0.